The number of nitriles is 1. The monoisotopic (exact) mass is 206 g/mol. The predicted molar refractivity (Wildman–Crippen MR) is 53.0 cm³/mol. The minimum atomic E-state index is -0.698. The highest BCUT2D eigenvalue weighted by molar-refractivity contribution is 8.02. The van der Waals surface area contributed by atoms with Gasteiger partial charge in [0.15, 0.2) is 6.07 Å². The lowest BCUT2D eigenvalue weighted by Crippen LogP contribution is -1.93. The van der Waals surface area contributed by atoms with Gasteiger partial charge in [0, 0.05) is 4.90 Å². The zero-order chi connectivity index (χ0) is 10.4. The summed E-state index contributed by atoms with van der Waals surface area (Å²) >= 11 is 1.16. The summed E-state index contributed by atoms with van der Waals surface area (Å²) < 4.78 is 0. The topological polar surface area (TPSA) is 66.9 Å². The van der Waals surface area contributed by atoms with E-state index in [2.05, 4.69) is 0 Å². The summed E-state index contributed by atoms with van der Waals surface area (Å²) in [6.45, 7) is 0. The molecule has 0 aliphatic heterocycles. The first-order valence-corrected chi connectivity index (χ1v) is 4.58. The third-order valence-corrected chi connectivity index (χ3v) is 2.25. The van der Waals surface area contributed by atoms with Crippen molar-refractivity contribution in [2.24, 2.45) is 0 Å². The Bertz CT molecular complexity index is 395. The Morgan fingerprint density at radius 1 is 1.50 bits per heavy atom. The molecule has 0 amide bonds. The van der Waals surface area contributed by atoms with Crippen molar-refractivity contribution in [1.82, 2.24) is 0 Å². The molecule has 0 aliphatic carbocycles. The number of nitro groups is 1. The van der Waals surface area contributed by atoms with E-state index in [1.807, 2.05) is 30.3 Å². The molecule has 1 aromatic carbocycles. The molecule has 0 N–H and O–H groups in total. The first-order chi connectivity index (χ1) is 6.74. The lowest BCUT2D eigenvalue weighted by Gasteiger charge is -1.92. The summed E-state index contributed by atoms with van der Waals surface area (Å²) in [5, 5.41) is 19.9. The van der Waals surface area contributed by atoms with E-state index in [0.29, 0.717) is 0 Å². The van der Waals surface area contributed by atoms with Gasteiger partial charge in [-0.05, 0) is 12.1 Å². The average molecular weight is 206 g/mol. The van der Waals surface area contributed by atoms with Gasteiger partial charge in [0.1, 0.15) is 0 Å². The maximum absolute atomic E-state index is 10.3. The summed E-state index contributed by atoms with van der Waals surface area (Å²) in [5.74, 6) is 0. The predicted octanol–water partition coefficient (Wildman–Crippen LogP) is 2.42. The van der Waals surface area contributed by atoms with Crippen LogP contribution >= 0.6 is 11.8 Å². The van der Waals surface area contributed by atoms with Crippen LogP contribution in [0.1, 0.15) is 0 Å². The summed E-state index contributed by atoms with van der Waals surface area (Å²) in [5.41, 5.74) is -0.446. The smallest absolute Gasteiger partial charge is 0.258 e. The summed E-state index contributed by atoms with van der Waals surface area (Å²) in [6.07, 6.45) is 0. The molecule has 0 saturated heterocycles. The molecule has 0 aliphatic rings. The molecule has 14 heavy (non-hydrogen) atoms. The first-order valence-electron chi connectivity index (χ1n) is 3.70. The Morgan fingerprint density at radius 2 is 2.14 bits per heavy atom. The Balaban J connectivity index is 2.73. The number of thioether (sulfide) groups is 1. The molecule has 5 heteroatoms. The third kappa shape index (κ3) is 2.92. The van der Waals surface area contributed by atoms with Gasteiger partial charge >= 0.3 is 5.70 Å². The highest BCUT2D eigenvalue weighted by Gasteiger charge is 2.07. The molecule has 4 nitrogen and oxygen atoms in total. The van der Waals surface area contributed by atoms with Crippen molar-refractivity contribution < 1.29 is 4.92 Å². The molecule has 0 aromatic heterocycles. The molecule has 0 atom stereocenters. The normalized spacial score (nSPS) is 10.6. The molecule has 0 heterocycles. The van der Waals surface area contributed by atoms with Crippen LogP contribution in [0, 0.1) is 21.4 Å². The van der Waals surface area contributed by atoms with Gasteiger partial charge in [-0.1, -0.05) is 30.0 Å². The van der Waals surface area contributed by atoms with E-state index < -0.39 is 10.6 Å². The van der Waals surface area contributed by atoms with E-state index in [9.17, 15) is 10.1 Å². The number of allylic oxidation sites excluding steroid dienone is 1. The van der Waals surface area contributed by atoms with Gasteiger partial charge in [-0.15, -0.1) is 0 Å². The van der Waals surface area contributed by atoms with Crippen LogP contribution in [0.2, 0.25) is 0 Å². The van der Waals surface area contributed by atoms with Crippen molar-refractivity contribution in [2.45, 2.75) is 4.90 Å². The second-order valence-electron chi connectivity index (χ2n) is 2.30. The van der Waals surface area contributed by atoms with Gasteiger partial charge in [-0.25, -0.2) is 0 Å². The maximum Gasteiger partial charge on any atom is 0.352 e. The van der Waals surface area contributed by atoms with Gasteiger partial charge in [-0.3, -0.25) is 10.1 Å². The Hall–Kier alpha value is -1.80. The fraction of sp³-hybridized carbons (Fsp3) is 0. The Labute approximate surface area is 85.0 Å². The molecule has 0 saturated carbocycles. The number of rotatable bonds is 3. The summed E-state index contributed by atoms with van der Waals surface area (Å²) in [6, 6.07) is 10.7. The minimum absolute atomic E-state index is 0.446. The van der Waals surface area contributed by atoms with Gasteiger partial charge in [0.05, 0.1) is 10.3 Å². The van der Waals surface area contributed by atoms with Gasteiger partial charge < -0.3 is 0 Å². The summed E-state index contributed by atoms with van der Waals surface area (Å²) in [7, 11) is 0. The van der Waals surface area contributed by atoms with Crippen molar-refractivity contribution in [3.8, 4) is 6.07 Å². The second-order valence-corrected chi connectivity index (χ2v) is 3.25. The van der Waals surface area contributed by atoms with Crippen molar-refractivity contribution in [3.63, 3.8) is 0 Å². The van der Waals surface area contributed by atoms with Crippen LogP contribution in [0.4, 0.5) is 0 Å². The second kappa shape index (κ2) is 5.04. The number of nitrogens with zero attached hydrogens (tertiary/aromatic N) is 2. The number of hydrogen-bond acceptors (Lipinski definition) is 4. The van der Waals surface area contributed by atoms with Crippen molar-refractivity contribution >= 4 is 11.8 Å². The highest BCUT2D eigenvalue weighted by Crippen LogP contribution is 2.19. The minimum Gasteiger partial charge on any atom is -0.258 e. The largest absolute Gasteiger partial charge is 0.352 e. The lowest BCUT2D eigenvalue weighted by atomic mass is 10.4. The molecule has 70 valence electrons. The maximum atomic E-state index is 10.3. The van der Waals surface area contributed by atoms with Crippen LogP contribution < -0.4 is 0 Å². The Kier molecular flexibility index (Phi) is 3.70. The van der Waals surface area contributed by atoms with E-state index in [-0.39, 0.29) is 0 Å². The van der Waals surface area contributed by atoms with E-state index in [4.69, 9.17) is 5.26 Å². The van der Waals surface area contributed by atoms with Crippen LogP contribution in [0.25, 0.3) is 0 Å². The zero-order valence-corrected chi connectivity index (χ0v) is 7.90. The molecule has 0 unspecified atom stereocenters. The van der Waals surface area contributed by atoms with E-state index in [1.165, 1.54) is 11.5 Å². The average Bonchev–Trinajstić information content (AvgIpc) is 2.20. The molecular weight excluding hydrogens is 200 g/mol. The summed E-state index contributed by atoms with van der Waals surface area (Å²) in [4.78, 5) is 10.4. The molecule has 1 rings (SSSR count). The molecule has 0 radical (unpaired) electrons. The highest BCUT2D eigenvalue weighted by atomic mass is 32.2. The molecule has 0 spiro atoms. The first kappa shape index (κ1) is 10.3. The van der Waals surface area contributed by atoms with E-state index in [0.717, 1.165) is 16.7 Å². The van der Waals surface area contributed by atoms with Crippen LogP contribution in [0.3, 0.4) is 0 Å². The number of hydrogen-bond donors (Lipinski definition) is 0. The fourth-order valence-corrected chi connectivity index (χ4v) is 1.43. The lowest BCUT2D eigenvalue weighted by molar-refractivity contribution is -0.417. The van der Waals surface area contributed by atoms with Crippen LogP contribution in [0.15, 0.2) is 46.3 Å². The number of benzene rings is 1. The van der Waals surface area contributed by atoms with Crippen molar-refractivity contribution in [2.75, 3.05) is 0 Å². The van der Waals surface area contributed by atoms with Gasteiger partial charge in [-0.2, -0.15) is 5.26 Å². The van der Waals surface area contributed by atoms with Crippen LogP contribution in [-0.2, 0) is 0 Å². The van der Waals surface area contributed by atoms with Gasteiger partial charge in [0.2, 0.25) is 0 Å². The quantitative estimate of drug-likeness (QED) is 0.329. The van der Waals surface area contributed by atoms with E-state index >= 15 is 0 Å². The SMILES string of the molecule is N#CC(=CSc1ccccc1)[N+](=O)[O-]. The molecule has 1 aromatic rings. The van der Waals surface area contributed by atoms with Crippen LogP contribution in [0.5, 0.6) is 0 Å². The van der Waals surface area contributed by atoms with Crippen molar-refractivity contribution in [1.29, 1.82) is 5.26 Å². The fourth-order valence-electron chi connectivity index (χ4n) is 0.733. The third-order valence-electron chi connectivity index (χ3n) is 1.36. The van der Waals surface area contributed by atoms with Crippen LogP contribution in [-0.4, -0.2) is 4.92 Å². The molecule has 0 bridgehead atoms. The van der Waals surface area contributed by atoms with Crippen molar-refractivity contribution in [3.05, 3.63) is 51.6 Å². The zero-order valence-electron chi connectivity index (χ0n) is 7.08. The Morgan fingerprint density at radius 3 is 2.64 bits per heavy atom. The molecular formula is C9H6N2O2S. The van der Waals surface area contributed by atoms with Gasteiger partial charge in [0.25, 0.3) is 0 Å². The molecule has 0 fully saturated rings. The standard InChI is InChI=1S/C9H6N2O2S/c10-6-8(11(12)13)7-14-9-4-2-1-3-5-9/h1-5,7H. The van der Waals surface area contributed by atoms with E-state index in [1.54, 1.807) is 0 Å².